The highest BCUT2D eigenvalue weighted by molar-refractivity contribution is 6.33. The molecule has 2 aromatic carbocycles. The normalized spacial score (nSPS) is 10.9. The second-order valence-electron chi connectivity index (χ2n) is 4.19. The van der Waals surface area contributed by atoms with Gasteiger partial charge in [-0.25, -0.2) is 9.07 Å². The van der Waals surface area contributed by atoms with E-state index in [0.29, 0.717) is 22.1 Å². The maximum Gasteiger partial charge on any atom is 0.226 e. The van der Waals surface area contributed by atoms with Crippen LogP contribution in [-0.2, 0) is 0 Å². The van der Waals surface area contributed by atoms with E-state index in [1.165, 1.54) is 22.9 Å². The summed E-state index contributed by atoms with van der Waals surface area (Å²) in [6, 6.07) is 11.1. The van der Waals surface area contributed by atoms with Crippen molar-refractivity contribution >= 4 is 34.8 Å². The summed E-state index contributed by atoms with van der Waals surface area (Å²) in [5.74, 6) is -0.134. The molecule has 0 bridgehead atoms. The number of nitrogens with zero attached hydrogens (tertiary/aromatic N) is 3. The van der Waals surface area contributed by atoms with Crippen molar-refractivity contribution in [3.8, 4) is 17.1 Å². The Morgan fingerprint density at radius 2 is 1.71 bits per heavy atom. The first kappa shape index (κ1) is 14.3. The smallest absolute Gasteiger partial charge is 0.207 e. The van der Waals surface area contributed by atoms with Crippen molar-refractivity contribution in [2.75, 3.05) is 0 Å². The number of hydrogen-bond donors (Lipinski definition) is 0. The van der Waals surface area contributed by atoms with E-state index in [4.69, 9.17) is 34.8 Å². The number of benzene rings is 2. The number of halogens is 4. The number of aromatic nitrogens is 3. The Morgan fingerprint density at radius 3 is 2.43 bits per heavy atom. The summed E-state index contributed by atoms with van der Waals surface area (Å²) in [4.78, 5) is 4.14. The Balaban J connectivity index is 2.12. The number of rotatable bonds is 2. The third-order valence-electron chi connectivity index (χ3n) is 2.82. The molecule has 0 unspecified atom stereocenters. The average molecular weight is 343 g/mol. The van der Waals surface area contributed by atoms with Crippen molar-refractivity contribution < 1.29 is 4.39 Å². The van der Waals surface area contributed by atoms with Gasteiger partial charge in [0.2, 0.25) is 5.28 Å². The van der Waals surface area contributed by atoms with Crippen molar-refractivity contribution in [1.29, 1.82) is 0 Å². The molecule has 0 saturated carbocycles. The molecule has 0 N–H and O–H groups in total. The summed E-state index contributed by atoms with van der Waals surface area (Å²) < 4.78 is 14.5. The molecule has 0 aliphatic rings. The third-order valence-corrected chi connectivity index (χ3v) is 3.70. The summed E-state index contributed by atoms with van der Waals surface area (Å²) in [6.07, 6.45) is 0. The predicted molar refractivity (Wildman–Crippen MR) is 81.8 cm³/mol. The van der Waals surface area contributed by atoms with E-state index in [2.05, 4.69) is 10.1 Å². The molecule has 0 fully saturated rings. The van der Waals surface area contributed by atoms with Gasteiger partial charge in [0.1, 0.15) is 5.82 Å². The maximum atomic E-state index is 13.1. The average Bonchev–Trinajstić information content (AvgIpc) is 2.81. The van der Waals surface area contributed by atoms with Crippen LogP contribution in [0.3, 0.4) is 0 Å². The van der Waals surface area contributed by atoms with Crippen LogP contribution in [0.25, 0.3) is 17.1 Å². The summed E-state index contributed by atoms with van der Waals surface area (Å²) in [6.45, 7) is 0. The lowest BCUT2D eigenvalue weighted by Gasteiger charge is -2.03. The first-order chi connectivity index (χ1) is 10.1. The van der Waals surface area contributed by atoms with Crippen LogP contribution in [0, 0.1) is 5.82 Å². The molecule has 3 rings (SSSR count). The lowest BCUT2D eigenvalue weighted by atomic mass is 10.2. The van der Waals surface area contributed by atoms with Crippen LogP contribution in [-0.4, -0.2) is 14.8 Å². The van der Waals surface area contributed by atoms with Crippen LogP contribution < -0.4 is 0 Å². The molecule has 0 aliphatic carbocycles. The number of para-hydroxylation sites is 1. The van der Waals surface area contributed by atoms with Crippen LogP contribution >= 0.6 is 34.8 Å². The van der Waals surface area contributed by atoms with Crippen molar-refractivity contribution in [3.05, 3.63) is 63.6 Å². The van der Waals surface area contributed by atoms with Crippen LogP contribution in [0.5, 0.6) is 0 Å². The van der Waals surface area contributed by atoms with Gasteiger partial charge < -0.3 is 0 Å². The minimum atomic E-state index is -0.430. The highest BCUT2D eigenvalue weighted by Crippen LogP contribution is 2.29. The molecule has 1 aromatic heterocycles. The predicted octanol–water partition coefficient (Wildman–Crippen LogP) is 5.03. The summed E-state index contributed by atoms with van der Waals surface area (Å²) in [5, 5.41) is 5.12. The standard InChI is InChI=1S/C14H7Cl3FN3/c15-10-3-1-2-4-12(10)21-14(17)19-13(20-21)9-6-5-8(18)7-11(9)16/h1-7H. The van der Waals surface area contributed by atoms with Crippen LogP contribution in [0.15, 0.2) is 42.5 Å². The Morgan fingerprint density at radius 1 is 0.952 bits per heavy atom. The molecule has 21 heavy (non-hydrogen) atoms. The van der Waals surface area contributed by atoms with Crippen molar-refractivity contribution in [3.63, 3.8) is 0 Å². The summed E-state index contributed by atoms with van der Waals surface area (Å²) in [7, 11) is 0. The molecule has 0 atom stereocenters. The van der Waals surface area contributed by atoms with Gasteiger partial charge in [-0.05, 0) is 41.9 Å². The summed E-state index contributed by atoms with van der Waals surface area (Å²) in [5.41, 5.74) is 1.09. The Labute approximate surface area is 134 Å². The van der Waals surface area contributed by atoms with Crippen LogP contribution in [0.1, 0.15) is 0 Å². The minimum Gasteiger partial charge on any atom is -0.207 e. The monoisotopic (exact) mass is 341 g/mol. The van der Waals surface area contributed by atoms with E-state index in [0.717, 1.165) is 0 Å². The lowest BCUT2D eigenvalue weighted by Crippen LogP contribution is -1.97. The van der Waals surface area contributed by atoms with Gasteiger partial charge in [-0.2, -0.15) is 4.98 Å². The van der Waals surface area contributed by atoms with E-state index in [-0.39, 0.29) is 10.3 Å². The van der Waals surface area contributed by atoms with Gasteiger partial charge in [-0.1, -0.05) is 35.3 Å². The van der Waals surface area contributed by atoms with Gasteiger partial charge in [0, 0.05) is 5.56 Å². The first-order valence-corrected chi connectivity index (χ1v) is 7.02. The largest absolute Gasteiger partial charge is 0.226 e. The van der Waals surface area contributed by atoms with Gasteiger partial charge in [-0.15, -0.1) is 5.10 Å². The van der Waals surface area contributed by atoms with Crippen LogP contribution in [0.4, 0.5) is 4.39 Å². The minimum absolute atomic E-state index is 0.137. The summed E-state index contributed by atoms with van der Waals surface area (Å²) >= 11 is 18.2. The highest BCUT2D eigenvalue weighted by Gasteiger charge is 2.15. The van der Waals surface area contributed by atoms with E-state index >= 15 is 0 Å². The molecule has 0 spiro atoms. The molecule has 106 valence electrons. The molecule has 1 heterocycles. The Hall–Kier alpha value is -1.62. The van der Waals surface area contributed by atoms with Crippen molar-refractivity contribution in [1.82, 2.24) is 14.8 Å². The van der Waals surface area contributed by atoms with Gasteiger partial charge in [0.15, 0.2) is 5.82 Å². The SMILES string of the molecule is Fc1ccc(-c2nc(Cl)n(-c3ccccc3Cl)n2)c(Cl)c1. The molecular formula is C14H7Cl3FN3. The lowest BCUT2D eigenvalue weighted by molar-refractivity contribution is 0.628. The fourth-order valence-corrected chi connectivity index (χ4v) is 2.53. The van der Waals surface area contributed by atoms with Gasteiger partial charge in [0.25, 0.3) is 0 Å². The van der Waals surface area contributed by atoms with E-state index in [1.807, 2.05) is 6.07 Å². The van der Waals surface area contributed by atoms with Gasteiger partial charge in [0.05, 0.1) is 15.7 Å². The highest BCUT2D eigenvalue weighted by atomic mass is 35.5. The van der Waals surface area contributed by atoms with E-state index in [9.17, 15) is 4.39 Å². The third kappa shape index (κ3) is 2.75. The van der Waals surface area contributed by atoms with Crippen molar-refractivity contribution in [2.45, 2.75) is 0 Å². The zero-order valence-electron chi connectivity index (χ0n) is 10.4. The fraction of sp³-hybridized carbons (Fsp3) is 0. The zero-order valence-corrected chi connectivity index (χ0v) is 12.7. The maximum absolute atomic E-state index is 13.1. The zero-order chi connectivity index (χ0) is 15.0. The fourth-order valence-electron chi connectivity index (χ4n) is 1.85. The molecule has 0 amide bonds. The van der Waals surface area contributed by atoms with Crippen LogP contribution in [0.2, 0.25) is 15.3 Å². The molecular weight excluding hydrogens is 336 g/mol. The number of hydrogen-bond acceptors (Lipinski definition) is 2. The van der Waals surface area contributed by atoms with Gasteiger partial charge >= 0.3 is 0 Å². The Kier molecular flexibility index (Phi) is 3.85. The quantitative estimate of drug-likeness (QED) is 0.653. The topological polar surface area (TPSA) is 30.7 Å². The van der Waals surface area contributed by atoms with E-state index < -0.39 is 5.82 Å². The van der Waals surface area contributed by atoms with Gasteiger partial charge in [-0.3, -0.25) is 0 Å². The molecule has 0 saturated heterocycles. The molecule has 3 nitrogen and oxygen atoms in total. The first-order valence-electron chi connectivity index (χ1n) is 5.89. The Bertz CT molecular complexity index is 817. The molecule has 7 heteroatoms. The van der Waals surface area contributed by atoms with E-state index in [1.54, 1.807) is 18.2 Å². The van der Waals surface area contributed by atoms with Crippen molar-refractivity contribution in [2.24, 2.45) is 0 Å². The molecule has 0 radical (unpaired) electrons. The molecule has 0 aliphatic heterocycles. The second-order valence-corrected chi connectivity index (χ2v) is 5.34. The molecule has 3 aromatic rings. The second kappa shape index (κ2) is 5.64.